The highest BCUT2D eigenvalue weighted by Gasteiger charge is 2.50. The molecule has 61 heavy (non-hydrogen) atoms. The number of benzene rings is 7. The van der Waals surface area contributed by atoms with Crippen LogP contribution >= 0.6 is 0 Å². The van der Waals surface area contributed by atoms with E-state index in [1.54, 1.807) is 0 Å². The molecule has 12 rings (SSSR count). The Balaban J connectivity index is 1.33. The van der Waals surface area contributed by atoms with Gasteiger partial charge in [-0.2, -0.15) is 0 Å². The first-order valence-corrected chi connectivity index (χ1v) is 22.2. The number of hydrogen-bond acceptors (Lipinski definition) is 2. The van der Waals surface area contributed by atoms with Crippen molar-refractivity contribution in [2.24, 2.45) is 0 Å². The van der Waals surface area contributed by atoms with E-state index in [-0.39, 0.29) is 28.5 Å². The maximum absolute atomic E-state index is 6.98. The molecule has 1 aliphatic carbocycles. The highest BCUT2D eigenvalue weighted by Crippen LogP contribution is 2.56. The number of nitrogens with zero attached hydrogens (tertiary/aromatic N) is 2. The van der Waals surface area contributed by atoms with Crippen molar-refractivity contribution < 1.29 is 4.42 Å². The molecule has 0 N–H and O–H groups in total. The van der Waals surface area contributed by atoms with E-state index in [0.29, 0.717) is 0 Å². The number of aromatic nitrogens is 1. The first-order valence-electron chi connectivity index (χ1n) is 22.2. The van der Waals surface area contributed by atoms with Gasteiger partial charge in [-0.3, -0.25) is 0 Å². The molecule has 3 aliphatic rings. The number of hydrogen-bond donors (Lipinski definition) is 0. The summed E-state index contributed by atoms with van der Waals surface area (Å²) < 4.78 is 9.68. The monoisotopic (exact) mass is 792 g/mol. The number of furan rings is 1. The van der Waals surface area contributed by atoms with Crippen molar-refractivity contribution in [1.29, 1.82) is 0 Å². The van der Waals surface area contributed by atoms with Gasteiger partial charge in [-0.15, -0.1) is 0 Å². The maximum Gasteiger partial charge on any atom is 0.333 e. The third-order valence-corrected chi connectivity index (χ3v) is 14.6. The molecule has 0 bridgehead atoms. The van der Waals surface area contributed by atoms with Crippen LogP contribution in [0.4, 0.5) is 11.4 Å². The number of fused-ring (bicyclic) bond motifs is 14. The smallest absolute Gasteiger partial charge is 0.333 e. The molecule has 4 heterocycles. The summed E-state index contributed by atoms with van der Waals surface area (Å²) in [5.41, 5.74) is 22.6. The summed E-state index contributed by atoms with van der Waals surface area (Å²) in [6.45, 7) is 25.9. The minimum Gasteiger partial charge on any atom is -0.454 e. The maximum atomic E-state index is 6.98. The van der Waals surface area contributed by atoms with Crippen molar-refractivity contribution in [3.8, 4) is 27.9 Å². The van der Waals surface area contributed by atoms with Gasteiger partial charge in [-0.1, -0.05) is 149 Å². The molecule has 4 heteroatoms. The fourth-order valence-corrected chi connectivity index (χ4v) is 11.4. The fourth-order valence-electron chi connectivity index (χ4n) is 11.4. The van der Waals surface area contributed by atoms with Crippen LogP contribution in [0.1, 0.15) is 104 Å². The van der Waals surface area contributed by atoms with Gasteiger partial charge < -0.3 is 13.8 Å². The van der Waals surface area contributed by atoms with Crippen LogP contribution in [-0.4, -0.2) is 11.4 Å². The summed E-state index contributed by atoms with van der Waals surface area (Å²) in [5, 5.41) is 4.95. The van der Waals surface area contributed by atoms with E-state index in [4.69, 9.17) is 4.42 Å². The Morgan fingerprint density at radius 3 is 1.97 bits per heavy atom. The van der Waals surface area contributed by atoms with Gasteiger partial charge >= 0.3 is 6.85 Å². The lowest BCUT2D eigenvalue weighted by Gasteiger charge is -2.44. The van der Waals surface area contributed by atoms with Crippen molar-refractivity contribution in [3.63, 3.8) is 0 Å². The van der Waals surface area contributed by atoms with Gasteiger partial charge in [0.2, 0.25) is 0 Å². The summed E-state index contributed by atoms with van der Waals surface area (Å²) in [6.07, 6.45) is 0. The molecule has 0 amide bonds. The van der Waals surface area contributed by atoms with E-state index >= 15 is 0 Å². The van der Waals surface area contributed by atoms with Crippen LogP contribution in [0.2, 0.25) is 0 Å². The van der Waals surface area contributed by atoms with Crippen LogP contribution in [0.3, 0.4) is 0 Å². The van der Waals surface area contributed by atoms with Gasteiger partial charge in [0.05, 0.1) is 16.7 Å². The number of para-hydroxylation sites is 2. The molecular formula is C57H53BN2O. The molecule has 0 atom stereocenters. The molecule has 0 fully saturated rings. The van der Waals surface area contributed by atoms with Gasteiger partial charge in [-0.25, -0.2) is 0 Å². The summed E-state index contributed by atoms with van der Waals surface area (Å²) >= 11 is 0. The minimum absolute atomic E-state index is 0.00312. The molecule has 3 nitrogen and oxygen atoms in total. The summed E-state index contributed by atoms with van der Waals surface area (Å²) in [5.74, 6) is 0. The van der Waals surface area contributed by atoms with Gasteiger partial charge in [0, 0.05) is 43.9 Å². The predicted octanol–water partition coefficient (Wildman–Crippen LogP) is 14.1. The van der Waals surface area contributed by atoms with E-state index in [1.165, 1.54) is 94.2 Å². The molecule has 0 saturated carbocycles. The molecule has 0 spiro atoms. The van der Waals surface area contributed by atoms with Crippen LogP contribution < -0.4 is 15.7 Å². The molecule has 0 saturated heterocycles. The third kappa shape index (κ3) is 4.82. The van der Waals surface area contributed by atoms with Crippen molar-refractivity contribution >= 4 is 72.9 Å². The molecule has 2 aliphatic heterocycles. The molecular weight excluding hydrogens is 739 g/mol. The average Bonchev–Trinajstić information content (AvgIpc) is 3.84. The first-order chi connectivity index (χ1) is 28.9. The Hall–Kier alpha value is -6.00. The Kier molecular flexibility index (Phi) is 7.05. The third-order valence-electron chi connectivity index (χ3n) is 14.6. The zero-order valence-corrected chi connectivity index (χ0v) is 37.4. The van der Waals surface area contributed by atoms with E-state index in [0.717, 1.165) is 27.6 Å². The summed E-state index contributed by atoms with van der Waals surface area (Å²) in [7, 11) is 0. The average molecular weight is 793 g/mol. The number of anilines is 2. The van der Waals surface area contributed by atoms with Gasteiger partial charge in [0.1, 0.15) is 5.58 Å². The van der Waals surface area contributed by atoms with Crippen LogP contribution in [0.5, 0.6) is 0 Å². The first kappa shape index (κ1) is 36.8. The van der Waals surface area contributed by atoms with Crippen LogP contribution in [0.25, 0.3) is 71.7 Å². The molecule has 2 aromatic heterocycles. The van der Waals surface area contributed by atoms with Gasteiger partial charge in [-0.05, 0) is 120 Å². The SMILES string of the molecule is CC(C)(C)c1ccc2c(c1)-c1cc3c(c4c1B(c1cc(C(C)(C)C)cc5c6cc(C(C)(C)C)ccc6n-4c15)N2c1cccc2c1oc1ccccc12)C(C)(C)c1ccccc1-3. The fraction of sp³-hybridized carbons (Fsp3) is 0.263. The Morgan fingerprint density at radius 2 is 1.20 bits per heavy atom. The normalized spacial score (nSPS) is 15.2. The minimum atomic E-state index is -0.241. The zero-order chi connectivity index (χ0) is 42.3. The van der Waals surface area contributed by atoms with Crippen LogP contribution in [0, 0.1) is 0 Å². The lowest BCUT2D eigenvalue weighted by atomic mass is 9.43. The quantitative estimate of drug-likeness (QED) is 0.154. The molecule has 0 unspecified atom stereocenters. The summed E-state index contributed by atoms with van der Waals surface area (Å²) in [4.78, 5) is 2.67. The highest BCUT2D eigenvalue weighted by molar-refractivity contribution is 6.94. The van der Waals surface area contributed by atoms with E-state index in [1.807, 2.05) is 0 Å². The highest BCUT2D eigenvalue weighted by atomic mass is 16.3. The molecule has 300 valence electrons. The van der Waals surface area contributed by atoms with E-state index in [9.17, 15) is 0 Å². The predicted molar refractivity (Wildman–Crippen MR) is 261 cm³/mol. The van der Waals surface area contributed by atoms with Crippen molar-refractivity contribution in [2.45, 2.75) is 97.8 Å². The Morgan fingerprint density at radius 1 is 0.525 bits per heavy atom. The standard InChI is InChI=1S/C57H53BN2O/c1-54(2,3)32-23-25-45-39(28-32)42-29-34(56(7,8)9)30-44-51(42)59(45)52-49-40(35-17-12-14-20-43(35)57(49,10)11)31-41-38-27-33(55(4,5)6)24-26-46(38)60(58(44)50(41)52)47-21-16-19-37-36-18-13-15-22-48(36)61-53(37)47/h12-31H,1-11H3. The second-order valence-corrected chi connectivity index (χ2v) is 21.8. The second-order valence-electron chi connectivity index (χ2n) is 21.8. The van der Waals surface area contributed by atoms with Crippen molar-refractivity contribution in [2.75, 3.05) is 4.81 Å². The zero-order valence-electron chi connectivity index (χ0n) is 37.4. The molecule has 7 aromatic carbocycles. The van der Waals surface area contributed by atoms with Gasteiger partial charge in [0.15, 0.2) is 5.58 Å². The van der Waals surface area contributed by atoms with Crippen LogP contribution in [-0.2, 0) is 21.7 Å². The topological polar surface area (TPSA) is 21.3 Å². The molecule has 9 aromatic rings. The van der Waals surface area contributed by atoms with Crippen LogP contribution in [0.15, 0.2) is 126 Å². The van der Waals surface area contributed by atoms with Crippen molar-refractivity contribution in [1.82, 2.24) is 4.57 Å². The van der Waals surface area contributed by atoms with Gasteiger partial charge in [0.25, 0.3) is 0 Å². The Bertz CT molecular complexity index is 3410. The molecule has 0 radical (unpaired) electrons. The van der Waals surface area contributed by atoms with E-state index < -0.39 is 0 Å². The Labute approximate surface area is 360 Å². The largest absolute Gasteiger partial charge is 0.454 e. The van der Waals surface area contributed by atoms with E-state index in [2.05, 4.69) is 207 Å². The summed E-state index contributed by atoms with van der Waals surface area (Å²) in [6, 6.07) is 46.7. The lowest BCUT2D eigenvalue weighted by Crippen LogP contribution is -2.61. The number of rotatable bonds is 1. The van der Waals surface area contributed by atoms with Crippen molar-refractivity contribution in [3.05, 3.63) is 149 Å². The lowest BCUT2D eigenvalue weighted by molar-refractivity contribution is 0.590. The second kappa shape index (κ2) is 11.7.